The quantitative estimate of drug-likeness (QED) is 0.804. The van der Waals surface area contributed by atoms with Crippen LogP contribution in [0.2, 0.25) is 0 Å². The summed E-state index contributed by atoms with van der Waals surface area (Å²) in [6.07, 6.45) is 8.04. The monoisotopic (exact) mass is 364 g/mol. The molecule has 2 aliphatic rings. The highest BCUT2D eigenvalue weighted by Gasteiger charge is 2.38. The molecule has 7 nitrogen and oxygen atoms in total. The minimum absolute atomic E-state index is 0.0643. The number of hydrogen-bond acceptors (Lipinski definition) is 5. The van der Waals surface area contributed by atoms with Crippen LogP contribution in [-0.4, -0.2) is 82.6 Å². The van der Waals surface area contributed by atoms with E-state index in [1.165, 1.54) is 5.56 Å². The largest absolute Gasteiger partial charge is 0.387 e. The number of β-amino-alcohol motifs (C(OH)–C–C–N with tert-alkyl or cyclic N) is 1. The number of aliphatic hydroxyl groups is 1. The zero-order valence-corrected chi connectivity index (χ0v) is 16.1. The van der Waals surface area contributed by atoms with Crippen molar-refractivity contribution in [2.45, 2.75) is 37.7 Å². The topological polar surface area (TPSA) is 70.8 Å². The van der Waals surface area contributed by atoms with Gasteiger partial charge in [0.1, 0.15) is 0 Å². The summed E-state index contributed by atoms with van der Waals surface area (Å²) in [4.78, 5) is 16.8. The van der Waals surface area contributed by atoms with Crippen LogP contribution in [0.25, 0.3) is 0 Å². The standard InChI is InChI=1S/C19H32N4O3/c1-21(9-4-16-12-20-22(2)13-16)14-19(25)7-3-8-23(15-19)18(24)17-5-10-26-11-6-17/h12-13,17,25H,3-11,14-15H2,1-2H3. The van der Waals surface area contributed by atoms with Crippen molar-refractivity contribution in [2.75, 3.05) is 46.4 Å². The Labute approximate surface area is 155 Å². The third-order valence-electron chi connectivity index (χ3n) is 5.54. The van der Waals surface area contributed by atoms with Crippen LogP contribution in [0.15, 0.2) is 12.4 Å². The number of aromatic nitrogens is 2. The normalized spacial score (nSPS) is 25.0. The molecule has 2 aliphatic heterocycles. The van der Waals surface area contributed by atoms with E-state index < -0.39 is 5.60 Å². The Morgan fingerprint density at radius 3 is 2.92 bits per heavy atom. The number of likely N-dealkylation sites (tertiary alicyclic amines) is 1. The molecule has 1 N–H and O–H groups in total. The Morgan fingerprint density at radius 1 is 1.46 bits per heavy atom. The summed E-state index contributed by atoms with van der Waals surface area (Å²) in [5.74, 6) is 0.263. The van der Waals surface area contributed by atoms with E-state index in [0.29, 0.717) is 26.3 Å². The second-order valence-electron chi connectivity index (χ2n) is 7.98. The van der Waals surface area contributed by atoms with Crippen LogP contribution in [0, 0.1) is 5.92 Å². The third kappa shape index (κ3) is 5.05. The van der Waals surface area contributed by atoms with E-state index in [1.54, 1.807) is 0 Å². The van der Waals surface area contributed by atoms with Gasteiger partial charge in [-0.1, -0.05) is 0 Å². The molecule has 2 fully saturated rings. The second-order valence-corrected chi connectivity index (χ2v) is 7.98. The Bertz CT molecular complexity index is 599. The molecule has 1 unspecified atom stereocenters. The van der Waals surface area contributed by atoms with Crippen LogP contribution in [0.4, 0.5) is 0 Å². The number of rotatable bonds is 6. The van der Waals surface area contributed by atoms with Crippen LogP contribution < -0.4 is 0 Å². The zero-order chi connectivity index (χ0) is 18.6. The average molecular weight is 364 g/mol. The highest BCUT2D eigenvalue weighted by molar-refractivity contribution is 5.79. The van der Waals surface area contributed by atoms with E-state index in [4.69, 9.17) is 4.74 Å². The van der Waals surface area contributed by atoms with Crippen LogP contribution >= 0.6 is 0 Å². The molecule has 0 spiro atoms. The minimum Gasteiger partial charge on any atom is -0.387 e. The smallest absolute Gasteiger partial charge is 0.225 e. The molecule has 3 heterocycles. The van der Waals surface area contributed by atoms with E-state index in [-0.39, 0.29) is 11.8 Å². The number of nitrogens with zero attached hydrogens (tertiary/aromatic N) is 4. The van der Waals surface area contributed by atoms with Gasteiger partial charge in [-0.15, -0.1) is 0 Å². The summed E-state index contributed by atoms with van der Waals surface area (Å²) in [5, 5.41) is 15.3. The van der Waals surface area contributed by atoms with Gasteiger partial charge in [-0.2, -0.15) is 5.10 Å². The first kappa shape index (κ1) is 19.3. The molecule has 0 radical (unpaired) electrons. The van der Waals surface area contributed by atoms with Crippen molar-refractivity contribution in [3.05, 3.63) is 18.0 Å². The van der Waals surface area contributed by atoms with Crippen molar-refractivity contribution in [3.63, 3.8) is 0 Å². The van der Waals surface area contributed by atoms with Gasteiger partial charge in [0.05, 0.1) is 18.3 Å². The molecule has 7 heteroatoms. The predicted molar refractivity (Wildman–Crippen MR) is 98.7 cm³/mol. The fraction of sp³-hybridized carbons (Fsp3) is 0.789. The van der Waals surface area contributed by atoms with Gasteiger partial charge >= 0.3 is 0 Å². The summed E-state index contributed by atoms with van der Waals surface area (Å²) in [5.41, 5.74) is 0.384. The van der Waals surface area contributed by atoms with Crippen LogP contribution in [0.5, 0.6) is 0 Å². The first-order chi connectivity index (χ1) is 12.5. The van der Waals surface area contributed by atoms with Crippen molar-refractivity contribution in [3.8, 4) is 0 Å². The Hall–Kier alpha value is -1.44. The summed E-state index contributed by atoms with van der Waals surface area (Å²) in [6, 6.07) is 0. The SMILES string of the molecule is CN(CCc1cnn(C)c1)CC1(O)CCCN(C(=O)C2CCOCC2)C1. The van der Waals surface area contributed by atoms with Crippen molar-refractivity contribution in [1.29, 1.82) is 0 Å². The maximum absolute atomic E-state index is 12.8. The highest BCUT2D eigenvalue weighted by atomic mass is 16.5. The fourth-order valence-corrected chi connectivity index (χ4v) is 4.13. The van der Waals surface area contributed by atoms with E-state index in [2.05, 4.69) is 10.00 Å². The number of carbonyl (C=O) groups excluding carboxylic acids is 1. The second kappa shape index (κ2) is 8.50. The van der Waals surface area contributed by atoms with Crippen molar-refractivity contribution >= 4 is 5.91 Å². The number of amides is 1. The van der Waals surface area contributed by atoms with Crippen molar-refractivity contribution in [1.82, 2.24) is 19.6 Å². The predicted octanol–water partition coefficient (Wildman–Crippen LogP) is 0.675. The van der Waals surface area contributed by atoms with Gasteiger partial charge in [-0.25, -0.2) is 0 Å². The van der Waals surface area contributed by atoms with Crippen LogP contribution in [0.1, 0.15) is 31.2 Å². The van der Waals surface area contributed by atoms with E-state index in [9.17, 15) is 9.90 Å². The van der Waals surface area contributed by atoms with Gasteiger partial charge in [0.2, 0.25) is 5.91 Å². The summed E-state index contributed by atoms with van der Waals surface area (Å²) in [7, 11) is 3.95. The highest BCUT2D eigenvalue weighted by Crippen LogP contribution is 2.26. The first-order valence-electron chi connectivity index (χ1n) is 9.70. The van der Waals surface area contributed by atoms with Gasteiger partial charge in [0, 0.05) is 52.0 Å². The van der Waals surface area contributed by atoms with Crippen LogP contribution in [0.3, 0.4) is 0 Å². The number of likely N-dealkylation sites (N-methyl/N-ethyl adjacent to an activating group) is 1. The lowest BCUT2D eigenvalue weighted by molar-refractivity contribution is -0.146. The van der Waals surface area contributed by atoms with Gasteiger partial charge in [-0.05, 0) is 44.7 Å². The molecule has 146 valence electrons. The van der Waals surface area contributed by atoms with Crippen molar-refractivity contribution in [2.24, 2.45) is 13.0 Å². The number of hydrogen-bond donors (Lipinski definition) is 1. The number of ether oxygens (including phenoxy) is 1. The van der Waals surface area contributed by atoms with Crippen LogP contribution in [-0.2, 0) is 23.0 Å². The fourth-order valence-electron chi connectivity index (χ4n) is 4.13. The molecule has 0 aliphatic carbocycles. The first-order valence-corrected chi connectivity index (χ1v) is 9.70. The maximum atomic E-state index is 12.8. The molecule has 0 saturated carbocycles. The van der Waals surface area contributed by atoms with E-state index >= 15 is 0 Å². The minimum atomic E-state index is -0.817. The summed E-state index contributed by atoms with van der Waals surface area (Å²) < 4.78 is 7.17. The lowest BCUT2D eigenvalue weighted by atomic mass is 9.90. The molecule has 1 atom stereocenters. The zero-order valence-electron chi connectivity index (χ0n) is 16.1. The molecule has 1 amide bonds. The van der Waals surface area contributed by atoms with Gasteiger partial charge in [0.25, 0.3) is 0 Å². The molecule has 3 rings (SSSR count). The molecule has 0 bridgehead atoms. The van der Waals surface area contributed by atoms with Gasteiger partial charge in [0.15, 0.2) is 0 Å². The maximum Gasteiger partial charge on any atom is 0.225 e. The molecule has 1 aromatic heterocycles. The number of aryl methyl sites for hydroxylation is 1. The Morgan fingerprint density at radius 2 is 2.23 bits per heavy atom. The lowest BCUT2D eigenvalue weighted by Crippen LogP contribution is -2.56. The Kier molecular flexibility index (Phi) is 6.32. The third-order valence-corrected chi connectivity index (χ3v) is 5.54. The summed E-state index contributed by atoms with van der Waals surface area (Å²) in [6.45, 7) is 4.00. The molecule has 2 saturated heterocycles. The van der Waals surface area contributed by atoms with Crippen molar-refractivity contribution < 1.29 is 14.6 Å². The molecular formula is C19H32N4O3. The number of piperidine rings is 1. The van der Waals surface area contributed by atoms with E-state index in [0.717, 1.165) is 45.2 Å². The molecule has 1 aromatic rings. The van der Waals surface area contributed by atoms with Gasteiger partial charge in [-0.3, -0.25) is 9.48 Å². The van der Waals surface area contributed by atoms with E-state index in [1.807, 2.05) is 36.1 Å². The molecule has 0 aromatic carbocycles. The Balaban J connectivity index is 1.50. The number of carbonyl (C=O) groups is 1. The van der Waals surface area contributed by atoms with Gasteiger partial charge < -0.3 is 19.6 Å². The molecule has 26 heavy (non-hydrogen) atoms. The summed E-state index contributed by atoms with van der Waals surface area (Å²) >= 11 is 0. The molecular weight excluding hydrogens is 332 g/mol. The lowest BCUT2D eigenvalue weighted by Gasteiger charge is -2.42. The average Bonchev–Trinajstić information content (AvgIpc) is 3.05.